The van der Waals surface area contributed by atoms with Crippen molar-refractivity contribution in [3.63, 3.8) is 0 Å². The van der Waals surface area contributed by atoms with E-state index in [1.165, 1.54) is 9.80 Å². The summed E-state index contributed by atoms with van der Waals surface area (Å²) in [5.41, 5.74) is 1.80. The van der Waals surface area contributed by atoms with Crippen LogP contribution in [0.3, 0.4) is 0 Å². The molecular formula is C24H30ClN5O4. The van der Waals surface area contributed by atoms with Crippen LogP contribution in [0.25, 0.3) is 0 Å². The summed E-state index contributed by atoms with van der Waals surface area (Å²) >= 11 is 6.17. The number of benzene rings is 1. The molecule has 3 heterocycles. The number of halogens is 1. The van der Waals surface area contributed by atoms with Gasteiger partial charge in [0.2, 0.25) is 5.91 Å². The quantitative estimate of drug-likeness (QED) is 0.561. The van der Waals surface area contributed by atoms with Crippen molar-refractivity contribution in [3.05, 3.63) is 58.8 Å². The molecule has 34 heavy (non-hydrogen) atoms. The predicted molar refractivity (Wildman–Crippen MR) is 128 cm³/mol. The Balaban J connectivity index is 1.49. The highest BCUT2D eigenvalue weighted by atomic mass is 35.5. The molecule has 3 aliphatic rings. The molecule has 4 rings (SSSR count). The topological polar surface area (TPSA) is 85.4 Å². The van der Waals surface area contributed by atoms with E-state index >= 15 is 0 Å². The number of rotatable bonds is 8. The summed E-state index contributed by atoms with van der Waals surface area (Å²) in [6.07, 6.45) is 1.62. The number of carbonyl (C=O) groups is 3. The monoisotopic (exact) mass is 487 g/mol. The fourth-order valence-electron chi connectivity index (χ4n) is 4.64. The summed E-state index contributed by atoms with van der Waals surface area (Å²) in [6, 6.07) is 6.16. The van der Waals surface area contributed by atoms with Gasteiger partial charge in [-0.2, -0.15) is 0 Å². The molecule has 0 aliphatic carbocycles. The normalized spacial score (nSPS) is 21.1. The zero-order valence-electron chi connectivity index (χ0n) is 19.3. The Labute approximate surface area is 204 Å². The van der Waals surface area contributed by atoms with Gasteiger partial charge in [-0.25, -0.2) is 4.79 Å². The first-order chi connectivity index (χ1) is 16.4. The molecule has 1 atom stereocenters. The van der Waals surface area contributed by atoms with E-state index in [0.29, 0.717) is 36.0 Å². The lowest BCUT2D eigenvalue weighted by Crippen LogP contribution is -2.52. The number of ether oxygens (including phenoxy) is 1. The molecule has 182 valence electrons. The molecule has 0 aromatic heterocycles. The number of nitrogens with one attached hydrogen (secondary N) is 1. The molecule has 4 amide bonds. The summed E-state index contributed by atoms with van der Waals surface area (Å²) in [5.74, 6) is -0.338. The highest BCUT2D eigenvalue weighted by Crippen LogP contribution is 2.36. The van der Waals surface area contributed by atoms with Gasteiger partial charge in [-0.15, -0.1) is 6.58 Å². The van der Waals surface area contributed by atoms with Crippen LogP contribution in [0.1, 0.15) is 11.6 Å². The predicted octanol–water partition coefficient (Wildman–Crippen LogP) is 1.48. The van der Waals surface area contributed by atoms with Gasteiger partial charge in [-0.1, -0.05) is 29.8 Å². The first-order valence-electron chi connectivity index (χ1n) is 11.4. The van der Waals surface area contributed by atoms with Crippen molar-refractivity contribution in [3.8, 4) is 0 Å². The van der Waals surface area contributed by atoms with E-state index in [2.05, 4.69) is 16.8 Å². The number of carbonyl (C=O) groups excluding carboxylic acids is 3. The molecule has 1 fully saturated rings. The van der Waals surface area contributed by atoms with E-state index in [4.69, 9.17) is 16.3 Å². The second-order valence-corrected chi connectivity index (χ2v) is 9.01. The van der Waals surface area contributed by atoms with Crippen LogP contribution in [-0.2, 0) is 14.3 Å². The van der Waals surface area contributed by atoms with Crippen molar-refractivity contribution in [2.45, 2.75) is 6.04 Å². The van der Waals surface area contributed by atoms with Crippen LogP contribution in [0.2, 0.25) is 5.02 Å². The van der Waals surface area contributed by atoms with E-state index in [1.807, 2.05) is 6.07 Å². The lowest BCUT2D eigenvalue weighted by Gasteiger charge is -2.35. The Morgan fingerprint density at radius 1 is 1.26 bits per heavy atom. The van der Waals surface area contributed by atoms with E-state index in [9.17, 15) is 14.4 Å². The standard InChI is InChI=1S/C24H30ClN5O4/c1-3-7-30-19-15-29(16-20(31)28-10-8-27(9-11-28)12-13-34-2)23(32)21(19)22(26-24(30)33)17-5-4-6-18(25)14-17/h3-6,14,22H,1,7-13,15-16H2,2H3,(H,26,33). The summed E-state index contributed by atoms with van der Waals surface area (Å²) in [7, 11) is 1.68. The van der Waals surface area contributed by atoms with Crippen LogP contribution in [-0.4, -0.2) is 104 Å². The number of hydrogen-bond donors (Lipinski definition) is 1. The molecule has 10 heteroatoms. The molecule has 1 aromatic rings. The van der Waals surface area contributed by atoms with Crippen LogP contribution >= 0.6 is 11.6 Å². The van der Waals surface area contributed by atoms with Gasteiger partial charge < -0.3 is 19.9 Å². The smallest absolute Gasteiger partial charge is 0.322 e. The molecule has 0 bridgehead atoms. The van der Waals surface area contributed by atoms with Crippen molar-refractivity contribution in [2.75, 3.05) is 66.1 Å². The molecular weight excluding hydrogens is 458 g/mol. The fourth-order valence-corrected chi connectivity index (χ4v) is 4.84. The van der Waals surface area contributed by atoms with Gasteiger partial charge in [-0.3, -0.25) is 19.4 Å². The molecule has 1 unspecified atom stereocenters. The third-order valence-electron chi connectivity index (χ3n) is 6.45. The zero-order valence-corrected chi connectivity index (χ0v) is 20.1. The minimum atomic E-state index is -0.626. The maximum Gasteiger partial charge on any atom is 0.322 e. The second-order valence-electron chi connectivity index (χ2n) is 8.57. The van der Waals surface area contributed by atoms with Gasteiger partial charge in [0.05, 0.1) is 30.5 Å². The minimum Gasteiger partial charge on any atom is -0.383 e. The molecule has 3 aliphatic heterocycles. The number of nitrogens with zero attached hydrogens (tertiary/aromatic N) is 4. The lowest BCUT2D eigenvalue weighted by atomic mass is 9.95. The van der Waals surface area contributed by atoms with Gasteiger partial charge in [0.15, 0.2) is 0 Å². The number of piperazine rings is 1. The third-order valence-corrected chi connectivity index (χ3v) is 6.69. The van der Waals surface area contributed by atoms with E-state index < -0.39 is 6.04 Å². The SMILES string of the molecule is C=CCN1C(=O)NC(c2cccc(Cl)c2)C2=C1CN(CC(=O)N1CCN(CCOC)CC1)C2=O. The summed E-state index contributed by atoms with van der Waals surface area (Å²) < 4.78 is 5.13. The van der Waals surface area contributed by atoms with Crippen molar-refractivity contribution < 1.29 is 19.1 Å². The van der Waals surface area contributed by atoms with Crippen LogP contribution in [0, 0.1) is 0 Å². The number of methoxy groups -OCH3 is 1. The molecule has 0 saturated carbocycles. The summed E-state index contributed by atoms with van der Waals surface area (Å²) in [5, 5.41) is 3.44. The third kappa shape index (κ3) is 4.96. The van der Waals surface area contributed by atoms with Crippen LogP contribution < -0.4 is 5.32 Å². The number of hydrogen-bond acceptors (Lipinski definition) is 5. The Kier molecular flexibility index (Phi) is 7.55. The first-order valence-corrected chi connectivity index (χ1v) is 11.8. The zero-order chi connectivity index (χ0) is 24.2. The second kappa shape index (κ2) is 10.6. The van der Waals surface area contributed by atoms with Gasteiger partial charge in [-0.05, 0) is 17.7 Å². The Morgan fingerprint density at radius 2 is 2.03 bits per heavy atom. The lowest BCUT2D eigenvalue weighted by molar-refractivity contribution is -0.139. The maximum atomic E-state index is 13.5. The highest BCUT2D eigenvalue weighted by molar-refractivity contribution is 6.30. The molecule has 0 spiro atoms. The van der Waals surface area contributed by atoms with Crippen LogP contribution in [0.4, 0.5) is 4.79 Å². The molecule has 9 nitrogen and oxygen atoms in total. The highest BCUT2D eigenvalue weighted by Gasteiger charge is 2.44. The van der Waals surface area contributed by atoms with Crippen LogP contribution in [0.5, 0.6) is 0 Å². The van der Waals surface area contributed by atoms with E-state index in [1.54, 1.807) is 36.3 Å². The summed E-state index contributed by atoms with van der Waals surface area (Å²) in [6.45, 7) is 8.46. The van der Waals surface area contributed by atoms with Crippen molar-refractivity contribution in [1.82, 2.24) is 24.9 Å². The van der Waals surface area contributed by atoms with Crippen molar-refractivity contribution in [1.29, 1.82) is 0 Å². The largest absolute Gasteiger partial charge is 0.383 e. The molecule has 1 saturated heterocycles. The minimum absolute atomic E-state index is 0.0255. The maximum absolute atomic E-state index is 13.5. The molecule has 1 aromatic carbocycles. The van der Waals surface area contributed by atoms with Gasteiger partial charge >= 0.3 is 6.03 Å². The Bertz CT molecular complexity index is 1000. The van der Waals surface area contributed by atoms with Crippen molar-refractivity contribution in [2.24, 2.45) is 0 Å². The number of urea groups is 1. The average molecular weight is 488 g/mol. The molecule has 0 radical (unpaired) electrons. The fraction of sp³-hybridized carbons (Fsp3) is 0.458. The van der Waals surface area contributed by atoms with E-state index in [0.717, 1.165) is 25.2 Å². The average Bonchev–Trinajstić information content (AvgIpc) is 3.15. The first kappa shape index (κ1) is 24.3. The van der Waals surface area contributed by atoms with Gasteiger partial charge in [0, 0.05) is 51.4 Å². The molecule has 1 N–H and O–H groups in total. The van der Waals surface area contributed by atoms with Gasteiger partial charge in [0.1, 0.15) is 6.54 Å². The van der Waals surface area contributed by atoms with E-state index in [-0.39, 0.29) is 37.5 Å². The summed E-state index contributed by atoms with van der Waals surface area (Å²) in [4.78, 5) is 46.5. The Morgan fingerprint density at radius 3 is 2.71 bits per heavy atom. The van der Waals surface area contributed by atoms with Gasteiger partial charge in [0.25, 0.3) is 5.91 Å². The number of amides is 4. The Hall–Kier alpha value is -2.88. The van der Waals surface area contributed by atoms with Crippen LogP contribution in [0.15, 0.2) is 48.2 Å². The van der Waals surface area contributed by atoms with Crippen molar-refractivity contribution >= 4 is 29.4 Å².